The van der Waals surface area contributed by atoms with Crippen LogP contribution in [0.15, 0.2) is 39.8 Å². The number of rotatable bonds is 7. The van der Waals surface area contributed by atoms with E-state index in [0.29, 0.717) is 28.3 Å². The number of aliphatic carboxylic acids is 1. The van der Waals surface area contributed by atoms with Gasteiger partial charge in [-0.15, -0.1) is 22.7 Å². The first-order valence-corrected chi connectivity index (χ1v) is 12.8. The summed E-state index contributed by atoms with van der Waals surface area (Å²) >= 11 is 2.32. The number of nitrogens with one attached hydrogen (secondary N) is 1. The molecule has 0 saturated carbocycles. The molecule has 1 fully saturated rings. The smallest absolute Gasteiger partial charge is 0.870 e. The van der Waals surface area contributed by atoms with Crippen LogP contribution < -0.4 is 45.7 Å². The maximum absolute atomic E-state index is 13.1. The Kier molecular flexibility index (Phi) is 8.27. The summed E-state index contributed by atoms with van der Waals surface area (Å²) in [5, 5.41) is 41.4. The number of allylic oxidation sites excluding steroid dienone is 1. The number of phenolic OH excluding ortho intramolecular Hbond substituents is 1. The number of fused-ring (bicyclic) bond motifs is 1. The quantitative estimate of drug-likeness (QED) is 0.105. The van der Waals surface area contributed by atoms with Crippen LogP contribution >= 0.6 is 22.7 Å². The molecule has 196 valence electrons. The van der Waals surface area contributed by atoms with E-state index >= 15 is 0 Å². The third kappa shape index (κ3) is 5.23. The van der Waals surface area contributed by atoms with Gasteiger partial charge < -0.3 is 31.2 Å². The molecule has 5 rings (SSSR count). The van der Waals surface area contributed by atoms with Crippen LogP contribution in [-0.2, 0) is 19.2 Å². The zero-order valence-electron chi connectivity index (χ0n) is 20.6. The monoisotopic (exact) mass is 578 g/mol. The van der Waals surface area contributed by atoms with E-state index in [-0.39, 0.29) is 58.2 Å². The fraction of sp³-hybridized carbons (Fsp3) is 0.217. The van der Waals surface area contributed by atoms with Gasteiger partial charge in [0.2, 0.25) is 0 Å². The molecule has 2 amide bonds. The normalized spacial score (nSPS) is 18.6. The number of aromatic hydroxyl groups is 1. The maximum atomic E-state index is 13.1. The first-order valence-electron chi connectivity index (χ1n) is 11.1. The molecule has 13 nitrogen and oxygen atoms in total. The average Bonchev–Trinajstić information content (AvgIpc) is 3.55. The molecule has 0 spiro atoms. The number of nitrogen functional groups attached to an aromatic ring is 1. The molecular weight excluding hydrogens is 559 g/mol. The van der Waals surface area contributed by atoms with Gasteiger partial charge in [-0.05, 0) is 18.9 Å². The van der Waals surface area contributed by atoms with Crippen molar-refractivity contribution in [1.29, 1.82) is 0 Å². The predicted molar refractivity (Wildman–Crippen MR) is 135 cm³/mol. The number of nitrogens with two attached hydrogens (primary N) is 1. The summed E-state index contributed by atoms with van der Waals surface area (Å²) in [7, 11) is 1.26. The number of nitrogens with zero attached hydrogens (tertiary/aromatic N) is 4. The van der Waals surface area contributed by atoms with E-state index in [1.54, 1.807) is 5.38 Å². The van der Waals surface area contributed by atoms with Crippen molar-refractivity contribution in [1.82, 2.24) is 20.2 Å². The molecule has 0 bridgehead atoms. The van der Waals surface area contributed by atoms with Gasteiger partial charge in [-0.2, -0.15) is 0 Å². The second-order valence-corrected chi connectivity index (χ2v) is 10.1. The van der Waals surface area contributed by atoms with Gasteiger partial charge in [-0.25, -0.2) is 14.8 Å². The minimum atomic E-state index is -1.30. The summed E-state index contributed by atoms with van der Waals surface area (Å²) in [4.78, 5) is 52.7. The molecule has 5 N–H and O–H groups in total. The predicted octanol–water partition coefficient (Wildman–Crippen LogP) is -2.03. The number of carboxylic acids is 1. The summed E-state index contributed by atoms with van der Waals surface area (Å²) in [5.41, 5.74) is 6.71. The Morgan fingerprint density at radius 3 is 2.69 bits per heavy atom. The number of hydrogen-bond donors (Lipinski definition) is 4. The maximum Gasteiger partial charge on any atom is 1.00 e. The van der Waals surface area contributed by atoms with Gasteiger partial charge in [0.1, 0.15) is 35.3 Å². The van der Waals surface area contributed by atoms with Crippen molar-refractivity contribution in [3.63, 3.8) is 0 Å². The van der Waals surface area contributed by atoms with Gasteiger partial charge in [0.25, 0.3) is 11.8 Å². The number of benzene rings is 1. The van der Waals surface area contributed by atoms with Gasteiger partial charge in [0, 0.05) is 21.9 Å². The minimum absolute atomic E-state index is 0. The van der Waals surface area contributed by atoms with Gasteiger partial charge in [0.05, 0.1) is 11.7 Å². The van der Waals surface area contributed by atoms with Crippen molar-refractivity contribution < 1.29 is 64.1 Å². The van der Waals surface area contributed by atoms with Gasteiger partial charge >= 0.3 is 35.5 Å². The molecule has 2 aliphatic heterocycles. The summed E-state index contributed by atoms with van der Waals surface area (Å²) in [5.74, 6) is -3.53. The van der Waals surface area contributed by atoms with E-state index in [4.69, 9.17) is 10.6 Å². The van der Waals surface area contributed by atoms with E-state index in [9.17, 15) is 29.7 Å². The molecule has 16 heteroatoms. The molecule has 0 radical (unpaired) electrons. The first-order chi connectivity index (χ1) is 18.2. The number of hydrogen-bond acceptors (Lipinski definition) is 12. The van der Waals surface area contributed by atoms with Gasteiger partial charge in [-0.3, -0.25) is 14.5 Å². The van der Waals surface area contributed by atoms with Crippen LogP contribution in [0.25, 0.3) is 16.1 Å². The van der Waals surface area contributed by atoms with Crippen molar-refractivity contribution in [2.75, 3.05) is 12.8 Å². The average molecular weight is 579 g/mol. The van der Waals surface area contributed by atoms with Crippen LogP contribution in [0.2, 0.25) is 0 Å². The topological polar surface area (TPSA) is 203 Å². The van der Waals surface area contributed by atoms with Crippen molar-refractivity contribution in [2.24, 2.45) is 5.16 Å². The second kappa shape index (κ2) is 11.3. The van der Waals surface area contributed by atoms with Crippen LogP contribution in [0.1, 0.15) is 24.2 Å². The Morgan fingerprint density at radius 2 is 2.05 bits per heavy atom. The number of β-lactam (4-membered cyclic amide) rings is 1. The molecule has 1 aromatic carbocycles. The summed E-state index contributed by atoms with van der Waals surface area (Å²) < 4.78 is 0. The minimum Gasteiger partial charge on any atom is -0.870 e. The number of anilines is 1. The van der Waals surface area contributed by atoms with E-state index < -0.39 is 41.4 Å². The number of carbonyl (C=O) groups excluding carboxylic acids is 2. The summed E-state index contributed by atoms with van der Waals surface area (Å²) in [6, 6.07) is 2.49. The van der Waals surface area contributed by atoms with Crippen LogP contribution in [-0.4, -0.2) is 67.8 Å². The van der Waals surface area contributed by atoms with Crippen LogP contribution in [0.5, 0.6) is 11.5 Å². The Labute approximate surface area is 250 Å². The summed E-state index contributed by atoms with van der Waals surface area (Å²) in [6.45, 7) is 0. The Hall–Kier alpha value is -3.50. The zero-order chi connectivity index (χ0) is 27.1. The Balaban J connectivity index is 0.00000353. The second-order valence-electron chi connectivity index (χ2n) is 8.31. The number of amides is 2. The largest absolute Gasteiger partial charge is 1.00 e. The fourth-order valence-corrected chi connectivity index (χ4v) is 5.79. The van der Waals surface area contributed by atoms with Gasteiger partial charge in [0.15, 0.2) is 10.8 Å². The molecule has 2 aromatic heterocycles. The molecule has 0 aliphatic carbocycles. The van der Waals surface area contributed by atoms with Crippen LogP contribution in [0, 0.1) is 0 Å². The van der Waals surface area contributed by atoms with Crippen molar-refractivity contribution in [3.8, 4) is 22.1 Å². The number of thiazole rings is 2. The molecule has 39 heavy (non-hydrogen) atoms. The molecule has 3 aromatic rings. The Bertz CT molecular complexity index is 1530. The Morgan fingerprint density at radius 1 is 1.28 bits per heavy atom. The third-order valence-corrected chi connectivity index (χ3v) is 7.67. The standard InChI is InChI=1S/C23H20N6O7S2.Na/c1-36-28-16(12-8-38-23(24)26-12)19(32)27-17-13-4-3-10(18(22(34)35)29(13)21(17)33)11-7-37-20(25-11)9-2-5-14(30)15(31)6-9;/h2,5-8,13,17,30-31H,3-4H2,1H3,(H2,24,26)(H,27,32)(H,34,35);/q;+1/p-1/b28-16+;/t13-,17+;/m1./s1. The van der Waals surface area contributed by atoms with Crippen molar-refractivity contribution in [2.45, 2.75) is 24.9 Å². The SMILES string of the molecule is CO/N=C(/C(=O)N[C@@H]1C(=O)N2C(C(=O)O)=C(c3csc(-c4ccc([O-])c(O)c4)n3)CC[C@H]12)c1csc(N)n1.[Na+]. The third-order valence-electron chi connectivity index (χ3n) is 6.11. The number of oxime groups is 1. The first kappa shape index (κ1) is 28.5. The van der Waals surface area contributed by atoms with E-state index in [1.807, 2.05) is 0 Å². The molecule has 0 unspecified atom stereocenters. The van der Waals surface area contributed by atoms with E-state index in [2.05, 4.69) is 20.4 Å². The molecule has 2 aliphatic rings. The molecule has 2 atom stereocenters. The van der Waals surface area contributed by atoms with Crippen molar-refractivity contribution in [3.05, 3.63) is 46.0 Å². The van der Waals surface area contributed by atoms with E-state index in [1.165, 1.54) is 42.0 Å². The van der Waals surface area contributed by atoms with E-state index in [0.717, 1.165) is 16.2 Å². The number of carboxylic acid groups (broad SMARTS) is 1. The molecule has 1 saturated heterocycles. The van der Waals surface area contributed by atoms with Gasteiger partial charge in [-0.1, -0.05) is 23.0 Å². The summed E-state index contributed by atoms with van der Waals surface area (Å²) in [6.07, 6.45) is 0.666. The van der Waals surface area contributed by atoms with Crippen LogP contribution in [0.4, 0.5) is 5.13 Å². The van der Waals surface area contributed by atoms with Crippen LogP contribution in [0.3, 0.4) is 0 Å². The fourth-order valence-electron chi connectivity index (χ4n) is 4.41. The number of aromatic nitrogens is 2. The number of carbonyl (C=O) groups is 3. The van der Waals surface area contributed by atoms with Crippen molar-refractivity contribution >= 4 is 56.9 Å². The number of phenols is 1. The zero-order valence-corrected chi connectivity index (χ0v) is 24.2. The molecule has 4 heterocycles. The molecular formula is C23H19N6NaO7S2.